The Labute approximate surface area is 84.7 Å². The molecule has 0 bridgehead atoms. The van der Waals surface area contributed by atoms with Gasteiger partial charge in [0.15, 0.2) is 5.82 Å². The van der Waals surface area contributed by atoms with Gasteiger partial charge in [0, 0.05) is 13.0 Å². The van der Waals surface area contributed by atoms with Crippen molar-refractivity contribution in [3.8, 4) is 0 Å². The zero-order valence-electron chi connectivity index (χ0n) is 8.98. The molecule has 2 atom stereocenters. The quantitative estimate of drug-likeness (QED) is 0.719. The van der Waals surface area contributed by atoms with E-state index in [4.69, 9.17) is 0 Å². The van der Waals surface area contributed by atoms with Gasteiger partial charge in [0.25, 0.3) is 0 Å². The molecule has 0 fully saturated rings. The van der Waals surface area contributed by atoms with Crippen molar-refractivity contribution in [1.29, 1.82) is 0 Å². The summed E-state index contributed by atoms with van der Waals surface area (Å²) in [7, 11) is 0. The Morgan fingerprint density at radius 3 is 3.21 bits per heavy atom. The van der Waals surface area contributed by atoms with E-state index in [1.54, 1.807) is 0 Å². The van der Waals surface area contributed by atoms with Crippen LogP contribution in [0.15, 0.2) is 0 Å². The minimum atomic E-state index is 0.771. The largest absolute Gasteiger partial charge is 0.230 e. The number of fused-ring (bicyclic) bond motifs is 1. The van der Waals surface area contributed by atoms with Gasteiger partial charge in [-0.2, -0.15) is 0 Å². The summed E-state index contributed by atoms with van der Waals surface area (Å²) >= 11 is 0. The standard InChI is InChI=1S/C10H18N4/c1-3-8(2)9-5-4-6-14-10(7-9)11-12-13-14/h8-9H,3-7H2,1-2H3. The van der Waals surface area contributed by atoms with Gasteiger partial charge in [-0.15, -0.1) is 5.10 Å². The fourth-order valence-corrected chi connectivity index (χ4v) is 2.20. The lowest BCUT2D eigenvalue weighted by molar-refractivity contribution is 0.322. The van der Waals surface area contributed by atoms with E-state index in [0.29, 0.717) is 0 Å². The second-order valence-electron chi connectivity index (χ2n) is 4.31. The third-order valence-electron chi connectivity index (χ3n) is 3.44. The van der Waals surface area contributed by atoms with Crippen molar-refractivity contribution >= 4 is 0 Å². The highest BCUT2D eigenvalue weighted by Gasteiger charge is 2.22. The first-order valence-electron chi connectivity index (χ1n) is 5.56. The maximum absolute atomic E-state index is 4.09. The van der Waals surface area contributed by atoms with Gasteiger partial charge in [0.1, 0.15) is 0 Å². The molecule has 14 heavy (non-hydrogen) atoms. The number of nitrogens with zero attached hydrogens (tertiary/aromatic N) is 4. The third-order valence-corrected chi connectivity index (χ3v) is 3.44. The summed E-state index contributed by atoms with van der Waals surface area (Å²) in [6, 6.07) is 0. The number of aromatic nitrogens is 4. The van der Waals surface area contributed by atoms with Crippen LogP contribution in [0.25, 0.3) is 0 Å². The molecule has 0 aromatic carbocycles. The second kappa shape index (κ2) is 4.07. The normalized spacial score (nSPS) is 24.0. The van der Waals surface area contributed by atoms with Crippen molar-refractivity contribution in [1.82, 2.24) is 20.2 Å². The molecule has 0 spiro atoms. The molecule has 2 heterocycles. The van der Waals surface area contributed by atoms with Crippen LogP contribution in [0.1, 0.15) is 38.9 Å². The van der Waals surface area contributed by atoms with Gasteiger partial charge in [-0.05, 0) is 35.1 Å². The Hall–Kier alpha value is -0.930. The van der Waals surface area contributed by atoms with E-state index in [-0.39, 0.29) is 0 Å². The summed E-state index contributed by atoms with van der Waals surface area (Å²) in [4.78, 5) is 0. The molecular formula is C10H18N4. The average molecular weight is 194 g/mol. The molecule has 0 N–H and O–H groups in total. The molecule has 0 saturated heterocycles. The first-order chi connectivity index (χ1) is 6.81. The van der Waals surface area contributed by atoms with Crippen molar-refractivity contribution < 1.29 is 0 Å². The van der Waals surface area contributed by atoms with Crippen molar-refractivity contribution in [2.24, 2.45) is 11.8 Å². The second-order valence-corrected chi connectivity index (χ2v) is 4.31. The Kier molecular flexibility index (Phi) is 2.79. The Morgan fingerprint density at radius 1 is 1.57 bits per heavy atom. The first kappa shape index (κ1) is 9.62. The molecule has 1 aromatic rings. The van der Waals surface area contributed by atoms with Gasteiger partial charge in [-0.3, -0.25) is 0 Å². The van der Waals surface area contributed by atoms with Gasteiger partial charge < -0.3 is 0 Å². The van der Waals surface area contributed by atoms with Gasteiger partial charge in [-0.25, -0.2) is 4.68 Å². The molecular weight excluding hydrogens is 176 g/mol. The van der Waals surface area contributed by atoms with Gasteiger partial charge in [-0.1, -0.05) is 20.3 Å². The van der Waals surface area contributed by atoms with Crippen molar-refractivity contribution in [3.05, 3.63) is 5.82 Å². The molecule has 2 rings (SSSR count). The van der Waals surface area contributed by atoms with E-state index >= 15 is 0 Å². The topological polar surface area (TPSA) is 43.6 Å². The highest BCUT2D eigenvalue weighted by atomic mass is 15.5. The lowest BCUT2D eigenvalue weighted by Gasteiger charge is -2.19. The molecule has 0 radical (unpaired) electrons. The molecule has 0 amide bonds. The molecule has 4 heteroatoms. The monoisotopic (exact) mass is 194 g/mol. The summed E-state index contributed by atoms with van der Waals surface area (Å²) in [5.41, 5.74) is 0. The van der Waals surface area contributed by atoms with Crippen LogP contribution < -0.4 is 0 Å². The molecule has 0 aliphatic carbocycles. The van der Waals surface area contributed by atoms with Crippen LogP contribution in [-0.2, 0) is 13.0 Å². The molecule has 78 valence electrons. The smallest absolute Gasteiger partial charge is 0.151 e. The maximum atomic E-state index is 4.09. The van der Waals surface area contributed by atoms with E-state index in [2.05, 4.69) is 29.4 Å². The number of hydrogen-bond donors (Lipinski definition) is 0. The predicted octanol–water partition coefficient (Wildman–Crippen LogP) is 1.67. The molecule has 1 aromatic heterocycles. The van der Waals surface area contributed by atoms with E-state index in [0.717, 1.165) is 30.6 Å². The summed E-state index contributed by atoms with van der Waals surface area (Å²) in [6.45, 7) is 5.60. The van der Waals surface area contributed by atoms with E-state index < -0.39 is 0 Å². The Bertz CT molecular complexity index is 294. The Morgan fingerprint density at radius 2 is 2.43 bits per heavy atom. The number of hydrogen-bond acceptors (Lipinski definition) is 3. The van der Waals surface area contributed by atoms with Crippen LogP contribution in [0.4, 0.5) is 0 Å². The first-order valence-corrected chi connectivity index (χ1v) is 5.56. The van der Waals surface area contributed by atoms with Crippen LogP contribution in [-0.4, -0.2) is 20.2 Å². The fraction of sp³-hybridized carbons (Fsp3) is 0.900. The van der Waals surface area contributed by atoms with Crippen molar-refractivity contribution in [3.63, 3.8) is 0 Å². The van der Waals surface area contributed by atoms with Crippen LogP contribution in [0, 0.1) is 11.8 Å². The maximum Gasteiger partial charge on any atom is 0.151 e. The summed E-state index contributed by atoms with van der Waals surface area (Å²) in [6.07, 6.45) is 4.83. The van der Waals surface area contributed by atoms with Gasteiger partial charge in [0.05, 0.1) is 0 Å². The van der Waals surface area contributed by atoms with Gasteiger partial charge in [0.2, 0.25) is 0 Å². The summed E-state index contributed by atoms with van der Waals surface area (Å²) < 4.78 is 1.96. The average Bonchev–Trinajstić information content (AvgIpc) is 2.54. The highest BCUT2D eigenvalue weighted by molar-refractivity contribution is 4.88. The number of tetrazole rings is 1. The Balaban J connectivity index is 2.11. The van der Waals surface area contributed by atoms with Crippen LogP contribution >= 0.6 is 0 Å². The molecule has 2 unspecified atom stereocenters. The lowest BCUT2D eigenvalue weighted by atomic mass is 9.86. The van der Waals surface area contributed by atoms with E-state index in [9.17, 15) is 0 Å². The third kappa shape index (κ3) is 1.79. The number of aryl methyl sites for hydroxylation is 1. The minimum Gasteiger partial charge on any atom is -0.230 e. The zero-order valence-corrected chi connectivity index (χ0v) is 8.98. The molecule has 4 nitrogen and oxygen atoms in total. The summed E-state index contributed by atoms with van der Waals surface area (Å²) in [5.74, 6) is 2.64. The SMILES string of the molecule is CCC(C)C1CCCn2nnnc2C1. The summed E-state index contributed by atoms with van der Waals surface area (Å²) in [5, 5.41) is 11.8. The number of rotatable bonds is 2. The van der Waals surface area contributed by atoms with Crippen LogP contribution in [0.3, 0.4) is 0 Å². The predicted molar refractivity (Wildman–Crippen MR) is 53.7 cm³/mol. The van der Waals surface area contributed by atoms with Crippen molar-refractivity contribution in [2.75, 3.05) is 0 Å². The molecule has 1 aliphatic rings. The van der Waals surface area contributed by atoms with E-state index in [1.165, 1.54) is 19.3 Å². The van der Waals surface area contributed by atoms with Gasteiger partial charge >= 0.3 is 0 Å². The minimum absolute atomic E-state index is 0.771. The highest BCUT2D eigenvalue weighted by Crippen LogP contribution is 2.26. The lowest BCUT2D eigenvalue weighted by Crippen LogP contribution is -2.13. The molecule has 1 aliphatic heterocycles. The zero-order chi connectivity index (χ0) is 9.97. The fourth-order valence-electron chi connectivity index (χ4n) is 2.20. The molecule has 0 saturated carbocycles. The van der Waals surface area contributed by atoms with Crippen LogP contribution in [0.5, 0.6) is 0 Å². The van der Waals surface area contributed by atoms with Crippen molar-refractivity contribution in [2.45, 2.75) is 46.1 Å². The van der Waals surface area contributed by atoms with Crippen LogP contribution in [0.2, 0.25) is 0 Å². The van der Waals surface area contributed by atoms with E-state index in [1.807, 2.05) is 4.68 Å².